The van der Waals surface area contributed by atoms with Crippen molar-refractivity contribution in [3.05, 3.63) is 18.9 Å². The van der Waals surface area contributed by atoms with Crippen molar-refractivity contribution in [1.29, 1.82) is 0 Å². The van der Waals surface area contributed by atoms with Crippen molar-refractivity contribution in [2.45, 2.75) is 55.4 Å². The van der Waals surface area contributed by atoms with Gasteiger partial charge in [-0.2, -0.15) is 0 Å². The van der Waals surface area contributed by atoms with Crippen LogP contribution >= 0.6 is 0 Å². The van der Waals surface area contributed by atoms with Crippen molar-refractivity contribution in [3.63, 3.8) is 0 Å². The zero-order valence-electron chi connectivity index (χ0n) is 11.6. The SMILES string of the molecule is CC(C)(C)C.CC(C)(C)C.c1cocn1. The number of hydrogen-bond donors (Lipinski definition) is 0. The molecule has 0 radical (unpaired) electrons. The molecule has 0 amide bonds. The molecule has 0 N–H and O–H groups in total. The van der Waals surface area contributed by atoms with Crippen LogP contribution in [0.25, 0.3) is 0 Å². The van der Waals surface area contributed by atoms with E-state index in [-0.39, 0.29) is 0 Å². The van der Waals surface area contributed by atoms with Crippen molar-refractivity contribution in [2.24, 2.45) is 10.8 Å². The predicted molar refractivity (Wildman–Crippen MR) is 66.8 cm³/mol. The fraction of sp³-hybridized carbons (Fsp3) is 0.769. The van der Waals surface area contributed by atoms with Gasteiger partial charge in [-0.05, 0) is 10.8 Å². The summed E-state index contributed by atoms with van der Waals surface area (Å²) in [7, 11) is 0. The van der Waals surface area contributed by atoms with Crippen molar-refractivity contribution >= 4 is 0 Å². The Balaban J connectivity index is 0. The van der Waals surface area contributed by atoms with Gasteiger partial charge in [-0.15, -0.1) is 0 Å². The Morgan fingerprint density at radius 2 is 1.13 bits per heavy atom. The van der Waals surface area contributed by atoms with Crippen LogP contribution in [0.3, 0.4) is 0 Å². The molecule has 0 atom stereocenters. The first-order chi connectivity index (χ1) is 6.50. The summed E-state index contributed by atoms with van der Waals surface area (Å²) in [5, 5.41) is 0. The van der Waals surface area contributed by atoms with Gasteiger partial charge in [0.15, 0.2) is 6.39 Å². The minimum atomic E-state index is 0.500. The second-order valence-electron chi connectivity index (χ2n) is 6.68. The maximum Gasteiger partial charge on any atom is 0.180 e. The van der Waals surface area contributed by atoms with E-state index in [1.807, 2.05) is 0 Å². The molecule has 1 heterocycles. The molecule has 0 aromatic carbocycles. The van der Waals surface area contributed by atoms with Crippen LogP contribution in [0.5, 0.6) is 0 Å². The quantitative estimate of drug-likeness (QED) is 0.620. The van der Waals surface area contributed by atoms with E-state index in [0.29, 0.717) is 10.8 Å². The highest BCUT2D eigenvalue weighted by molar-refractivity contribution is 4.56. The Bertz CT molecular complexity index is 160. The summed E-state index contributed by atoms with van der Waals surface area (Å²) in [6.07, 6.45) is 4.47. The molecule has 1 aromatic rings. The van der Waals surface area contributed by atoms with Gasteiger partial charge in [0.05, 0.1) is 6.20 Å². The van der Waals surface area contributed by atoms with Gasteiger partial charge in [0.2, 0.25) is 0 Å². The third-order valence-corrected chi connectivity index (χ3v) is 0.347. The van der Waals surface area contributed by atoms with Crippen molar-refractivity contribution in [3.8, 4) is 0 Å². The van der Waals surface area contributed by atoms with E-state index in [0.717, 1.165) is 0 Å². The topological polar surface area (TPSA) is 26.0 Å². The average molecular weight is 213 g/mol. The van der Waals surface area contributed by atoms with Gasteiger partial charge in [0.25, 0.3) is 0 Å². The number of aromatic nitrogens is 1. The highest BCUT2D eigenvalue weighted by atomic mass is 16.3. The summed E-state index contributed by atoms with van der Waals surface area (Å²) in [5.41, 5.74) is 1.00. The highest BCUT2D eigenvalue weighted by Gasteiger charge is 1.96. The molecule has 2 nitrogen and oxygen atoms in total. The lowest BCUT2D eigenvalue weighted by Gasteiger charge is -2.05. The van der Waals surface area contributed by atoms with E-state index in [9.17, 15) is 0 Å². The Hall–Kier alpha value is -0.790. The van der Waals surface area contributed by atoms with Crippen molar-refractivity contribution in [1.82, 2.24) is 4.98 Å². The molecule has 1 rings (SSSR count). The van der Waals surface area contributed by atoms with Crippen LogP contribution in [0.1, 0.15) is 55.4 Å². The summed E-state index contributed by atoms with van der Waals surface area (Å²) < 4.78 is 4.47. The Morgan fingerprint density at radius 1 is 0.800 bits per heavy atom. The smallest absolute Gasteiger partial charge is 0.180 e. The average Bonchev–Trinajstić information content (AvgIpc) is 2.28. The molecule has 0 aliphatic rings. The molecule has 0 aliphatic carbocycles. The third-order valence-electron chi connectivity index (χ3n) is 0.347. The van der Waals surface area contributed by atoms with Crippen LogP contribution < -0.4 is 0 Å². The molecule has 0 unspecified atom stereocenters. The molecular weight excluding hydrogens is 186 g/mol. The van der Waals surface area contributed by atoms with E-state index >= 15 is 0 Å². The predicted octanol–water partition coefficient (Wildman–Crippen LogP) is 4.78. The van der Waals surface area contributed by atoms with E-state index in [1.165, 1.54) is 12.7 Å². The van der Waals surface area contributed by atoms with E-state index in [2.05, 4.69) is 64.8 Å². The lowest BCUT2D eigenvalue weighted by molar-refractivity contribution is 0.469. The first-order valence-corrected chi connectivity index (χ1v) is 5.32. The molecule has 15 heavy (non-hydrogen) atoms. The number of nitrogens with zero attached hydrogens (tertiary/aromatic N) is 1. The monoisotopic (exact) mass is 213 g/mol. The van der Waals surface area contributed by atoms with Gasteiger partial charge >= 0.3 is 0 Å². The highest BCUT2D eigenvalue weighted by Crippen LogP contribution is 2.08. The standard InChI is InChI=1S/2C5H12.C3H3NO/c2*1-5(2,3)4;1-2-5-3-4-1/h2*1-4H3;1-3H. The number of hydrogen-bond acceptors (Lipinski definition) is 2. The first-order valence-electron chi connectivity index (χ1n) is 5.32. The molecule has 2 heteroatoms. The van der Waals surface area contributed by atoms with Gasteiger partial charge in [-0.25, -0.2) is 4.98 Å². The summed E-state index contributed by atoms with van der Waals surface area (Å²) in [5.74, 6) is 0. The molecule has 1 aromatic heterocycles. The number of rotatable bonds is 0. The van der Waals surface area contributed by atoms with Crippen molar-refractivity contribution in [2.75, 3.05) is 0 Å². The molecule has 0 aliphatic heterocycles. The maximum absolute atomic E-state index is 4.47. The van der Waals surface area contributed by atoms with Gasteiger partial charge in [-0.1, -0.05) is 55.4 Å². The molecule has 0 saturated carbocycles. The lowest BCUT2D eigenvalue weighted by atomic mass is 10.0. The van der Waals surface area contributed by atoms with Crippen LogP contribution in [0, 0.1) is 10.8 Å². The summed E-state index contributed by atoms with van der Waals surface area (Å²) in [6, 6.07) is 0. The van der Waals surface area contributed by atoms with Gasteiger partial charge in [0.1, 0.15) is 6.26 Å². The van der Waals surface area contributed by atoms with Gasteiger partial charge in [-0.3, -0.25) is 0 Å². The normalized spacial score (nSPS) is 10.7. The van der Waals surface area contributed by atoms with Crippen LogP contribution in [0.15, 0.2) is 23.3 Å². The second kappa shape index (κ2) is 7.49. The van der Waals surface area contributed by atoms with Crippen LogP contribution in [-0.2, 0) is 0 Å². The second-order valence-corrected chi connectivity index (χ2v) is 6.68. The van der Waals surface area contributed by atoms with Crippen LogP contribution in [0.2, 0.25) is 0 Å². The lowest BCUT2D eigenvalue weighted by Crippen LogP contribution is -1.93. The minimum Gasteiger partial charge on any atom is -0.452 e. The largest absolute Gasteiger partial charge is 0.452 e. The maximum atomic E-state index is 4.47. The van der Waals surface area contributed by atoms with Crippen LogP contribution in [-0.4, -0.2) is 4.98 Å². The number of oxazole rings is 1. The molecule has 0 saturated heterocycles. The Kier molecular flexibility index (Phi) is 8.31. The van der Waals surface area contributed by atoms with E-state index in [4.69, 9.17) is 0 Å². The Labute approximate surface area is 95.1 Å². The molecule has 90 valence electrons. The fourth-order valence-corrected chi connectivity index (χ4v) is 0.176. The first kappa shape index (κ1) is 16.6. The minimum absolute atomic E-state index is 0.500. The zero-order valence-corrected chi connectivity index (χ0v) is 11.6. The van der Waals surface area contributed by atoms with Gasteiger partial charge in [0, 0.05) is 0 Å². The molecule has 0 bridgehead atoms. The molecule has 0 spiro atoms. The van der Waals surface area contributed by atoms with E-state index < -0.39 is 0 Å². The summed E-state index contributed by atoms with van der Waals surface area (Å²) >= 11 is 0. The summed E-state index contributed by atoms with van der Waals surface area (Å²) in [6.45, 7) is 17.5. The third kappa shape index (κ3) is 93.7. The fourth-order valence-electron chi connectivity index (χ4n) is 0.176. The van der Waals surface area contributed by atoms with Gasteiger partial charge < -0.3 is 4.42 Å². The molecule has 0 fully saturated rings. The van der Waals surface area contributed by atoms with Crippen molar-refractivity contribution < 1.29 is 4.42 Å². The van der Waals surface area contributed by atoms with E-state index in [1.54, 1.807) is 6.20 Å². The van der Waals surface area contributed by atoms with Crippen LogP contribution in [0.4, 0.5) is 0 Å². The zero-order chi connectivity index (χ0) is 12.5. The molecular formula is C13H27NO. The Morgan fingerprint density at radius 3 is 1.20 bits per heavy atom. The summed E-state index contributed by atoms with van der Waals surface area (Å²) in [4.78, 5) is 3.56.